The molecule has 0 aliphatic carbocycles. The number of hydrogen-bond donors (Lipinski definition) is 0. The summed E-state index contributed by atoms with van der Waals surface area (Å²) in [5, 5.41) is 0.909. The van der Waals surface area contributed by atoms with E-state index < -0.39 is 25.3 Å². The number of rotatable bonds is 6. The number of benzene rings is 1. The van der Waals surface area contributed by atoms with Crippen LogP contribution in [0.25, 0.3) is 22.3 Å². The first-order chi connectivity index (χ1) is 18.7. The van der Waals surface area contributed by atoms with Crippen molar-refractivity contribution < 1.29 is 28.5 Å². The molecule has 212 valence electrons. The molecule has 3 aromatic rings. The number of carbonyl (C=O) groups is 2. The monoisotopic (exact) mass is 584 g/mol. The highest BCUT2D eigenvalue weighted by molar-refractivity contribution is 6.73. The highest BCUT2D eigenvalue weighted by Crippen LogP contribution is 2.43. The molecule has 0 amide bonds. The molecule has 0 spiro atoms. The fraction of sp³-hybridized carbons (Fsp3) is 0.448. The second kappa shape index (κ2) is 9.71. The van der Waals surface area contributed by atoms with E-state index in [-0.39, 0.29) is 34.8 Å². The summed E-state index contributed by atoms with van der Waals surface area (Å²) >= 11 is 5.55. The molecule has 1 atom stereocenters. The highest BCUT2D eigenvalue weighted by Gasteiger charge is 2.50. The SMILES string of the molecule is CCc1c2c(nc3ccc(OO[Si](C)(C)C(C)(C)C)cc13)-c1cc3c(c(=O)n1C2)COC(=O)C3(CC)OC(=O)Cl. The first kappa shape index (κ1) is 28.3. The lowest BCUT2D eigenvalue weighted by Gasteiger charge is -2.34. The molecule has 0 saturated carbocycles. The van der Waals surface area contributed by atoms with Crippen LogP contribution >= 0.6 is 11.6 Å². The lowest BCUT2D eigenvalue weighted by atomic mass is 9.85. The Kier molecular flexibility index (Phi) is 6.87. The van der Waals surface area contributed by atoms with Gasteiger partial charge in [-0.15, -0.1) is 0 Å². The van der Waals surface area contributed by atoms with Crippen LogP contribution in [0.2, 0.25) is 18.1 Å². The molecule has 2 aliphatic heterocycles. The Morgan fingerprint density at radius 2 is 1.90 bits per heavy atom. The smallest absolute Gasteiger partial charge is 0.405 e. The molecule has 40 heavy (non-hydrogen) atoms. The van der Waals surface area contributed by atoms with Crippen LogP contribution in [0.1, 0.15) is 63.3 Å². The average molecular weight is 585 g/mol. The van der Waals surface area contributed by atoms with Crippen LogP contribution in [0.15, 0.2) is 29.1 Å². The maximum absolute atomic E-state index is 13.7. The van der Waals surface area contributed by atoms with E-state index in [1.807, 2.05) is 18.2 Å². The number of carbonyl (C=O) groups excluding carboxylic acids is 2. The summed E-state index contributed by atoms with van der Waals surface area (Å²) in [6, 6.07) is 7.34. The van der Waals surface area contributed by atoms with E-state index in [1.165, 1.54) is 0 Å². The molecule has 1 aromatic carbocycles. The van der Waals surface area contributed by atoms with Crippen molar-refractivity contribution in [2.75, 3.05) is 0 Å². The van der Waals surface area contributed by atoms with Gasteiger partial charge in [0.15, 0.2) is 5.75 Å². The van der Waals surface area contributed by atoms with Crippen LogP contribution in [-0.4, -0.2) is 29.3 Å². The van der Waals surface area contributed by atoms with Crippen LogP contribution in [0.4, 0.5) is 4.79 Å². The van der Waals surface area contributed by atoms with E-state index in [9.17, 15) is 14.4 Å². The van der Waals surface area contributed by atoms with Gasteiger partial charge in [-0.3, -0.25) is 4.79 Å². The number of hydrogen-bond acceptors (Lipinski definition) is 8. The summed E-state index contributed by atoms with van der Waals surface area (Å²) in [5.41, 5.74) is 1.17. The van der Waals surface area contributed by atoms with Crippen LogP contribution in [0.3, 0.4) is 0 Å². The van der Waals surface area contributed by atoms with Gasteiger partial charge in [0.05, 0.1) is 29.0 Å². The van der Waals surface area contributed by atoms with Crippen LogP contribution in [-0.2, 0) is 44.0 Å². The molecule has 4 heterocycles. The molecule has 9 nitrogen and oxygen atoms in total. The van der Waals surface area contributed by atoms with Crippen molar-refractivity contribution >= 4 is 42.2 Å². The standard InChI is InChI=1S/C29H33ClN2O7Si/c1-8-17-18-12-16(38-39-40(6,7)28(3,4)5)10-11-22(18)31-24-19(17)14-32-23(24)13-21-20(25(32)33)15-36-26(34)29(21,9-2)37-27(30)35/h10-13H,8-9,14-15H2,1-7H3. The highest BCUT2D eigenvalue weighted by atomic mass is 35.5. The third-order valence-corrected chi connectivity index (χ3v) is 12.7. The molecule has 0 radical (unpaired) electrons. The average Bonchev–Trinajstić information content (AvgIpc) is 3.25. The summed E-state index contributed by atoms with van der Waals surface area (Å²) in [4.78, 5) is 49.1. The Bertz CT molecular complexity index is 1630. The molecule has 0 bridgehead atoms. The fourth-order valence-corrected chi connectivity index (χ4v) is 5.85. The van der Waals surface area contributed by atoms with Crippen LogP contribution in [0.5, 0.6) is 5.75 Å². The molecule has 2 aromatic heterocycles. The van der Waals surface area contributed by atoms with E-state index in [2.05, 4.69) is 40.8 Å². The second-order valence-electron chi connectivity index (χ2n) is 11.8. The predicted molar refractivity (Wildman–Crippen MR) is 153 cm³/mol. The number of aryl methyl sites for hydroxylation is 1. The van der Waals surface area contributed by atoms with Gasteiger partial charge in [-0.05, 0) is 60.8 Å². The number of pyridine rings is 2. The molecule has 2 aliphatic rings. The maximum atomic E-state index is 13.7. The maximum Gasteiger partial charge on any atom is 0.405 e. The van der Waals surface area contributed by atoms with Crippen LogP contribution in [0, 0.1) is 0 Å². The third kappa shape index (κ3) is 4.33. The molecule has 0 N–H and O–H groups in total. The Morgan fingerprint density at radius 3 is 2.52 bits per heavy atom. The topological polar surface area (TPSA) is 106 Å². The first-order valence-corrected chi connectivity index (χ1v) is 16.7. The summed E-state index contributed by atoms with van der Waals surface area (Å²) in [6.07, 6.45) is 0.749. The molecular formula is C29H33ClN2O7Si. The molecule has 11 heteroatoms. The number of ether oxygens (including phenoxy) is 2. The number of aromatic nitrogens is 2. The first-order valence-electron chi connectivity index (χ1n) is 13.4. The minimum absolute atomic E-state index is 0.00782. The normalized spacial score (nSPS) is 18.1. The van der Waals surface area contributed by atoms with Crippen molar-refractivity contribution in [2.24, 2.45) is 0 Å². The number of nitrogens with zero attached hydrogens (tertiary/aromatic N) is 2. The van der Waals surface area contributed by atoms with E-state index in [1.54, 1.807) is 17.6 Å². The number of esters is 1. The number of halogens is 1. The van der Waals surface area contributed by atoms with Gasteiger partial charge >= 0.3 is 11.4 Å². The van der Waals surface area contributed by atoms with Gasteiger partial charge in [-0.25, -0.2) is 19.1 Å². The summed E-state index contributed by atoms with van der Waals surface area (Å²) < 4.78 is 18.2. The van der Waals surface area contributed by atoms with E-state index >= 15 is 0 Å². The van der Waals surface area contributed by atoms with Gasteiger partial charge in [0.25, 0.3) is 13.9 Å². The summed E-state index contributed by atoms with van der Waals surface area (Å²) in [7, 11) is -2.14. The quantitative estimate of drug-likeness (QED) is 0.0849. The van der Waals surface area contributed by atoms with E-state index in [4.69, 9.17) is 35.5 Å². The van der Waals surface area contributed by atoms with Gasteiger partial charge in [0, 0.05) is 28.1 Å². The zero-order valence-corrected chi connectivity index (χ0v) is 25.5. The minimum atomic E-state index is -2.14. The lowest BCUT2D eigenvalue weighted by Crippen LogP contribution is -2.46. The van der Waals surface area contributed by atoms with Gasteiger partial charge in [0.2, 0.25) is 5.60 Å². The van der Waals surface area contributed by atoms with Gasteiger partial charge in [0.1, 0.15) is 6.61 Å². The van der Waals surface area contributed by atoms with Crippen molar-refractivity contribution in [3.8, 4) is 17.1 Å². The van der Waals surface area contributed by atoms with Crippen molar-refractivity contribution in [3.63, 3.8) is 0 Å². The molecule has 0 saturated heterocycles. The Hall–Kier alpha value is -3.21. The largest absolute Gasteiger partial charge is 0.457 e. The van der Waals surface area contributed by atoms with E-state index in [0.29, 0.717) is 30.1 Å². The Morgan fingerprint density at radius 1 is 1.18 bits per heavy atom. The molecule has 1 unspecified atom stereocenters. The molecular weight excluding hydrogens is 552 g/mol. The van der Waals surface area contributed by atoms with Crippen molar-refractivity contribution in [3.05, 3.63) is 56.9 Å². The molecule has 0 fully saturated rings. The van der Waals surface area contributed by atoms with Crippen molar-refractivity contribution in [1.29, 1.82) is 0 Å². The minimum Gasteiger partial charge on any atom is -0.457 e. The van der Waals surface area contributed by atoms with E-state index in [0.717, 1.165) is 22.0 Å². The van der Waals surface area contributed by atoms with Crippen LogP contribution < -0.4 is 10.4 Å². The third-order valence-electron chi connectivity index (χ3n) is 8.51. The number of fused-ring (bicyclic) bond motifs is 5. The predicted octanol–water partition coefficient (Wildman–Crippen LogP) is 6.34. The number of cyclic esters (lactones) is 1. The Labute approximate surface area is 238 Å². The summed E-state index contributed by atoms with van der Waals surface area (Å²) in [6.45, 7) is 14.5. The van der Waals surface area contributed by atoms with Gasteiger partial charge in [-0.1, -0.05) is 34.6 Å². The van der Waals surface area contributed by atoms with Gasteiger partial charge in [-0.2, -0.15) is 0 Å². The van der Waals surface area contributed by atoms with Crippen molar-refractivity contribution in [2.45, 2.75) is 84.3 Å². The lowest BCUT2D eigenvalue weighted by molar-refractivity contribution is -0.171. The summed E-state index contributed by atoms with van der Waals surface area (Å²) in [5.74, 6) is -0.171. The zero-order chi connectivity index (χ0) is 29.2. The molecule has 5 rings (SSSR count). The second-order valence-corrected chi connectivity index (χ2v) is 16.8. The zero-order valence-electron chi connectivity index (χ0n) is 23.8. The fourth-order valence-electron chi connectivity index (χ4n) is 5.17. The van der Waals surface area contributed by atoms with Gasteiger partial charge < -0.3 is 18.9 Å². The Balaban J connectivity index is 1.63. The van der Waals surface area contributed by atoms with Crippen molar-refractivity contribution in [1.82, 2.24) is 9.55 Å².